The molecule has 0 radical (unpaired) electrons. The molecule has 0 fully saturated rings. The molecule has 0 rings (SSSR count). The third kappa shape index (κ3) is 29.3. The van der Waals surface area contributed by atoms with Gasteiger partial charge in [-0.1, -0.05) is 0 Å². The first-order chi connectivity index (χ1) is 2.56. The van der Waals surface area contributed by atoms with Crippen LogP contribution in [-0.4, -0.2) is 32.2 Å². The summed E-state index contributed by atoms with van der Waals surface area (Å²) in [6, 6.07) is 0. The van der Waals surface area contributed by atoms with Gasteiger partial charge in [0.2, 0.25) is 0 Å². The van der Waals surface area contributed by atoms with E-state index in [1.54, 1.807) is 0 Å². The van der Waals surface area contributed by atoms with Gasteiger partial charge in [0.1, 0.15) is 0 Å². The highest BCUT2D eigenvalue weighted by Gasteiger charge is 1.97. The molecule has 0 aromatic rings. The lowest BCUT2D eigenvalue weighted by Crippen LogP contribution is -3.00. The van der Waals surface area contributed by atoms with Gasteiger partial charge in [0.25, 0.3) is 0 Å². The highest BCUT2D eigenvalue weighted by molar-refractivity contribution is 5.85. The summed E-state index contributed by atoms with van der Waals surface area (Å²) in [6.45, 7) is 3.39. The van der Waals surface area contributed by atoms with Crippen molar-refractivity contribution >= 4 is 12.4 Å². The average molecular weight is 177 g/mol. The van der Waals surface area contributed by atoms with Crippen molar-refractivity contribution in [3.8, 4) is 0 Å². The Morgan fingerprint density at radius 3 is 1.22 bits per heavy atom. The minimum atomic E-state index is 0. The molecule has 62 valence electrons. The maximum atomic E-state index is 2.18. The number of hydrogen-bond acceptors (Lipinski definition) is 1. The van der Waals surface area contributed by atoms with Crippen LogP contribution in [0.1, 0.15) is 6.92 Å². The Balaban J connectivity index is -0.0000000417. The number of nitrogens with zero attached hydrogens (tertiary/aromatic N) is 1. The van der Waals surface area contributed by atoms with Gasteiger partial charge in [-0.2, -0.15) is 0 Å². The summed E-state index contributed by atoms with van der Waals surface area (Å²) in [5, 5.41) is 0. The molecule has 0 amide bonds. The van der Waals surface area contributed by atoms with E-state index in [-0.39, 0.29) is 31.0 Å². The van der Waals surface area contributed by atoms with E-state index >= 15 is 0 Å². The van der Waals surface area contributed by atoms with Gasteiger partial charge in [0, 0.05) is 0 Å². The lowest BCUT2D eigenvalue weighted by atomic mass is 10.6. The fourth-order valence-corrected chi connectivity index (χ4v) is 0. The van der Waals surface area contributed by atoms with E-state index in [2.05, 4.69) is 28.1 Å². The second-order valence-corrected chi connectivity index (χ2v) is 2.61. The first-order valence-electron chi connectivity index (χ1n) is 2.36. The van der Waals surface area contributed by atoms with Crippen molar-refractivity contribution in [2.24, 2.45) is 0 Å². The smallest absolute Gasteiger partial charge is 0.0751 e. The van der Waals surface area contributed by atoms with Crippen LogP contribution in [0.4, 0.5) is 0 Å². The molecule has 2 nitrogen and oxygen atoms in total. The number of quaternary nitrogens is 1. The van der Waals surface area contributed by atoms with Crippen LogP contribution >= 0.6 is 12.4 Å². The van der Waals surface area contributed by atoms with Crippen LogP contribution in [-0.2, 0) is 0 Å². The van der Waals surface area contributed by atoms with Crippen LogP contribution in [0.5, 0.6) is 0 Å². The van der Waals surface area contributed by atoms with Crippen LogP contribution in [0.2, 0.25) is 0 Å². The van der Waals surface area contributed by atoms with Gasteiger partial charge in [0.15, 0.2) is 0 Å². The van der Waals surface area contributed by atoms with Crippen LogP contribution < -0.4 is 18.6 Å². The summed E-state index contributed by atoms with van der Waals surface area (Å²) in [6.07, 6.45) is 0. The molecule has 4 heteroatoms. The van der Waals surface area contributed by atoms with Gasteiger partial charge in [0.05, 0.1) is 27.7 Å². The summed E-state index contributed by atoms with van der Waals surface area (Å²) in [5.74, 6) is 0. The van der Waals surface area contributed by atoms with Crippen molar-refractivity contribution < 1.29 is 16.9 Å². The number of halogens is 2. The summed E-state index contributed by atoms with van der Waals surface area (Å²) >= 11 is 0. The molecule has 0 saturated heterocycles. The zero-order valence-corrected chi connectivity index (χ0v) is 8.22. The van der Waals surface area contributed by atoms with Crippen molar-refractivity contribution in [3.05, 3.63) is 0 Å². The topological polar surface area (TPSA) is 35.0 Å². The SMILES string of the molecule is CC[N+](C)(C)C.Cl.N.[Cl-]. The van der Waals surface area contributed by atoms with Gasteiger partial charge in [-0.05, 0) is 6.92 Å². The van der Waals surface area contributed by atoms with E-state index < -0.39 is 0 Å². The quantitative estimate of drug-likeness (QED) is 0.476. The molecule has 0 aliphatic rings. The van der Waals surface area contributed by atoms with E-state index in [9.17, 15) is 0 Å². The van der Waals surface area contributed by atoms with Gasteiger partial charge in [-0.3, -0.25) is 0 Å². The van der Waals surface area contributed by atoms with E-state index in [4.69, 9.17) is 0 Å². The van der Waals surface area contributed by atoms with Gasteiger partial charge < -0.3 is 23.0 Å². The molecular formula is C5H18Cl2N2. The predicted molar refractivity (Wildman–Crippen MR) is 40.8 cm³/mol. The van der Waals surface area contributed by atoms with Crippen LogP contribution in [0, 0.1) is 0 Å². The predicted octanol–water partition coefficient (Wildman–Crippen LogP) is -1.70. The van der Waals surface area contributed by atoms with Crippen molar-refractivity contribution in [2.75, 3.05) is 27.7 Å². The molecule has 0 aromatic heterocycles. The maximum absolute atomic E-state index is 2.18. The van der Waals surface area contributed by atoms with Crippen LogP contribution in [0.25, 0.3) is 0 Å². The maximum Gasteiger partial charge on any atom is 0.0751 e. The average Bonchev–Trinajstić information content (AvgIpc) is 1.35. The molecule has 0 aromatic carbocycles. The number of rotatable bonds is 1. The molecular weight excluding hydrogens is 159 g/mol. The fourth-order valence-electron chi connectivity index (χ4n) is 0. The van der Waals surface area contributed by atoms with Gasteiger partial charge >= 0.3 is 0 Å². The molecule has 0 unspecified atom stereocenters. The molecule has 0 bridgehead atoms. The molecule has 0 aliphatic carbocycles. The normalized spacial score (nSPS) is 8.00. The zero-order chi connectivity index (χ0) is 5.21. The molecule has 3 N–H and O–H groups in total. The summed E-state index contributed by atoms with van der Waals surface area (Å²) in [4.78, 5) is 0. The lowest BCUT2D eigenvalue weighted by Gasteiger charge is -2.20. The first-order valence-corrected chi connectivity index (χ1v) is 2.36. The van der Waals surface area contributed by atoms with Crippen molar-refractivity contribution in [1.29, 1.82) is 0 Å². The first kappa shape index (κ1) is 22.7. The monoisotopic (exact) mass is 176 g/mol. The van der Waals surface area contributed by atoms with E-state index in [1.165, 1.54) is 6.54 Å². The van der Waals surface area contributed by atoms with Gasteiger partial charge in [-0.25, -0.2) is 0 Å². The number of hydrogen-bond donors (Lipinski definition) is 1. The van der Waals surface area contributed by atoms with Gasteiger partial charge in [-0.15, -0.1) is 12.4 Å². The standard InChI is InChI=1S/C5H14N.2ClH.H3N/c1-5-6(2,3)4;;;/h5H2,1-4H3;2*1H;1H3/q+1;;;/p-1. The summed E-state index contributed by atoms with van der Waals surface area (Å²) in [5.41, 5.74) is 0. The van der Waals surface area contributed by atoms with Crippen molar-refractivity contribution in [1.82, 2.24) is 6.15 Å². The lowest BCUT2D eigenvalue weighted by molar-refractivity contribution is -0.868. The van der Waals surface area contributed by atoms with Crippen molar-refractivity contribution in [2.45, 2.75) is 6.92 Å². The summed E-state index contributed by atoms with van der Waals surface area (Å²) in [7, 11) is 6.54. The Labute approximate surface area is 70.6 Å². The molecule has 0 aliphatic heterocycles. The highest BCUT2D eigenvalue weighted by atomic mass is 35.5. The molecule has 0 atom stereocenters. The van der Waals surface area contributed by atoms with E-state index in [0.717, 1.165) is 4.48 Å². The van der Waals surface area contributed by atoms with Crippen LogP contribution in [0.15, 0.2) is 0 Å². The second-order valence-electron chi connectivity index (χ2n) is 2.61. The van der Waals surface area contributed by atoms with E-state index in [1.807, 2.05) is 0 Å². The highest BCUT2D eigenvalue weighted by Crippen LogP contribution is 1.83. The third-order valence-corrected chi connectivity index (χ3v) is 0.949. The Kier molecular flexibility index (Phi) is 21.4. The third-order valence-electron chi connectivity index (χ3n) is 0.949. The Hall–Kier alpha value is 0.500. The Bertz CT molecular complexity index is 42.7. The summed E-state index contributed by atoms with van der Waals surface area (Å²) < 4.78 is 1.07. The molecule has 9 heavy (non-hydrogen) atoms. The Morgan fingerprint density at radius 2 is 1.22 bits per heavy atom. The van der Waals surface area contributed by atoms with Crippen molar-refractivity contribution in [3.63, 3.8) is 0 Å². The fraction of sp³-hybridized carbons (Fsp3) is 1.00. The largest absolute Gasteiger partial charge is 1.00 e. The molecule has 0 saturated carbocycles. The molecule has 0 spiro atoms. The second kappa shape index (κ2) is 8.50. The Morgan fingerprint density at radius 1 is 1.11 bits per heavy atom. The van der Waals surface area contributed by atoms with Crippen LogP contribution in [0.3, 0.4) is 0 Å². The van der Waals surface area contributed by atoms with E-state index in [0.29, 0.717) is 0 Å². The minimum Gasteiger partial charge on any atom is -1.00 e. The minimum absolute atomic E-state index is 0. The molecule has 0 heterocycles. The zero-order valence-electron chi connectivity index (χ0n) is 6.65.